The maximum atomic E-state index is 6.63. The molecule has 0 spiro atoms. The molecule has 0 aliphatic heterocycles. The fraction of sp³-hybridized carbons (Fsp3) is 0.0769. The van der Waals surface area contributed by atoms with Crippen LogP contribution < -0.4 is 10.6 Å². The molecule has 2 aliphatic rings. The van der Waals surface area contributed by atoms with Gasteiger partial charge in [-0.3, -0.25) is 0 Å². The number of aromatic nitrogens is 3. The van der Waals surface area contributed by atoms with Gasteiger partial charge in [-0.05, 0) is 71.4 Å². The topological polar surface area (TPSA) is 43.9 Å². The fourth-order valence-electron chi connectivity index (χ4n) is 8.93. The molecule has 4 nitrogen and oxygen atoms in total. The van der Waals surface area contributed by atoms with Crippen LogP contribution in [0, 0.1) is 0 Å². The van der Waals surface area contributed by atoms with Crippen LogP contribution in [0.15, 0.2) is 168 Å². The molecule has 3 heterocycles. The second-order valence-corrected chi connectivity index (χ2v) is 14.7. The monoisotopic (exact) mass is 719 g/mol. The standard InChI is InChI=1S/C52H37N3O/c1-3-17-34(18-4-1)36-21-7-9-23-38(36)44-33-45(39-24-10-8-22-37(39)35-19-5-2-6-20-35)54-52(53-44)43-28-16-30-47-50(43)42-26-11-13-29-46(42)55(47)48-31-15-27-41-40-25-12-14-32-49(40)56-51(41)48/h1-10,12,14-27,29-33,43H,11,13,28H2. The van der Waals surface area contributed by atoms with Gasteiger partial charge in [0.15, 0.2) is 5.58 Å². The van der Waals surface area contributed by atoms with Gasteiger partial charge in [0.05, 0.1) is 28.7 Å². The van der Waals surface area contributed by atoms with Crippen molar-refractivity contribution in [3.05, 3.63) is 191 Å². The highest BCUT2D eigenvalue weighted by atomic mass is 16.3. The molecular weight excluding hydrogens is 683 g/mol. The summed E-state index contributed by atoms with van der Waals surface area (Å²) < 4.78 is 9.06. The Bertz CT molecular complexity index is 3010. The maximum Gasteiger partial charge on any atom is 0.159 e. The van der Waals surface area contributed by atoms with Gasteiger partial charge in [-0.25, -0.2) is 9.97 Å². The molecule has 266 valence electrons. The summed E-state index contributed by atoms with van der Waals surface area (Å²) in [7, 11) is 0. The van der Waals surface area contributed by atoms with Crippen molar-refractivity contribution in [1.82, 2.24) is 14.5 Å². The van der Waals surface area contributed by atoms with Crippen LogP contribution in [0.5, 0.6) is 0 Å². The lowest BCUT2D eigenvalue weighted by Gasteiger charge is -2.22. The van der Waals surface area contributed by atoms with E-state index in [0.29, 0.717) is 0 Å². The molecule has 0 bridgehead atoms. The number of nitrogens with zero attached hydrogens (tertiary/aromatic N) is 3. The number of allylic oxidation sites excluding steroid dienone is 1. The van der Waals surface area contributed by atoms with Gasteiger partial charge in [0.25, 0.3) is 0 Å². The van der Waals surface area contributed by atoms with Gasteiger partial charge in [0, 0.05) is 32.5 Å². The number of furan rings is 1. The van der Waals surface area contributed by atoms with Crippen molar-refractivity contribution in [3.63, 3.8) is 0 Å². The molecule has 0 saturated carbocycles. The van der Waals surface area contributed by atoms with Gasteiger partial charge >= 0.3 is 0 Å². The zero-order valence-electron chi connectivity index (χ0n) is 30.8. The Morgan fingerprint density at radius 3 is 1.84 bits per heavy atom. The second kappa shape index (κ2) is 13.4. The molecule has 4 heteroatoms. The highest BCUT2D eigenvalue weighted by molar-refractivity contribution is 6.07. The first-order valence-corrected chi connectivity index (χ1v) is 19.5. The Kier molecular flexibility index (Phi) is 7.73. The second-order valence-electron chi connectivity index (χ2n) is 14.7. The number of benzene rings is 6. The quantitative estimate of drug-likeness (QED) is 0.172. The molecule has 1 unspecified atom stereocenters. The lowest BCUT2D eigenvalue weighted by Crippen LogP contribution is -2.32. The molecule has 0 saturated heterocycles. The summed E-state index contributed by atoms with van der Waals surface area (Å²) in [6.45, 7) is 0. The van der Waals surface area contributed by atoms with Crippen LogP contribution in [0.1, 0.15) is 42.3 Å². The van der Waals surface area contributed by atoms with Crippen molar-refractivity contribution in [2.75, 3.05) is 0 Å². The van der Waals surface area contributed by atoms with Crippen LogP contribution in [-0.2, 0) is 0 Å². The molecule has 3 aromatic heterocycles. The molecule has 11 rings (SSSR count). The Hall–Kier alpha value is -7.04. The highest BCUT2D eigenvalue weighted by Crippen LogP contribution is 2.40. The number of para-hydroxylation sites is 2. The Morgan fingerprint density at radius 1 is 0.554 bits per heavy atom. The number of fused-ring (bicyclic) bond motifs is 6. The van der Waals surface area contributed by atoms with Crippen LogP contribution in [0.4, 0.5) is 0 Å². The van der Waals surface area contributed by atoms with Gasteiger partial charge in [-0.2, -0.15) is 0 Å². The summed E-state index contributed by atoms with van der Waals surface area (Å²) in [5.41, 5.74) is 13.9. The molecule has 56 heavy (non-hydrogen) atoms. The summed E-state index contributed by atoms with van der Waals surface area (Å²) in [4.78, 5) is 11.1. The minimum Gasteiger partial charge on any atom is -0.454 e. The average molecular weight is 720 g/mol. The van der Waals surface area contributed by atoms with E-state index in [1.165, 1.54) is 21.8 Å². The minimum atomic E-state index is -0.0610. The third-order valence-corrected chi connectivity index (χ3v) is 11.4. The largest absolute Gasteiger partial charge is 0.454 e. The van der Waals surface area contributed by atoms with Crippen molar-refractivity contribution in [1.29, 1.82) is 0 Å². The van der Waals surface area contributed by atoms with E-state index in [2.05, 4.69) is 181 Å². The number of hydrogen-bond donors (Lipinski definition) is 0. The van der Waals surface area contributed by atoms with Gasteiger partial charge in [0.1, 0.15) is 11.4 Å². The number of hydrogen-bond acceptors (Lipinski definition) is 3. The molecule has 9 aromatic rings. The van der Waals surface area contributed by atoms with Gasteiger partial charge < -0.3 is 8.98 Å². The zero-order valence-corrected chi connectivity index (χ0v) is 30.8. The third kappa shape index (κ3) is 5.29. The van der Waals surface area contributed by atoms with E-state index >= 15 is 0 Å². The first kappa shape index (κ1) is 32.4. The van der Waals surface area contributed by atoms with Crippen LogP contribution in [0.3, 0.4) is 0 Å². The van der Waals surface area contributed by atoms with E-state index in [-0.39, 0.29) is 5.92 Å². The maximum absolute atomic E-state index is 6.63. The lowest BCUT2D eigenvalue weighted by atomic mass is 9.87. The van der Waals surface area contributed by atoms with Crippen LogP contribution >= 0.6 is 0 Å². The van der Waals surface area contributed by atoms with Gasteiger partial charge in [-0.15, -0.1) is 0 Å². The van der Waals surface area contributed by atoms with Gasteiger partial charge in [-0.1, -0.05) is 158 Å². The van der Waals surface area contributed by atoms with E-state index in [1.54, 1.807) is 0 Å². The zero-order chi connectivity index (χ0) is 37.0. The van der Waals surface area contributed by atoms with Crippen molar-refractivity contribution in [2.45, 2.75) is 25.2 Å². The van der Waals surface area contributed by atoms with Crippen LogP contribution in [0.2, 0.25) is 0 Å². The van der Waals surface area contributed by atoms with Crippen LogP contribution in [-0.4, -0.2) is 14.5 Å². The van der Waals surface area contributed by atoms with Crippen molar-refractivity contribution >= 4 is 40.2 Å². The predicted octanol–water partition coefficient (Wildman–Crippen LogP) is 11.7. The summed E-state index contributed by atoms with van der Waals surface area (Å²) in [6.07, 6.45) is 12.2. The normalized spacial score (nSPS) is 14.6. The third-order valence-electron chi connectivity index (χ3n) is 11.4. The van der Waals surface area contributed by atoms with Gasteiger partial charge in [0.2, 0.25) is 0 Å². The van der Waals surface area contributed by atoms with Crippen molar-refractivity contribution in [2.24, 2.45) is 0 Å². The smallest absolute Gasteiger partial charge is 0.159 e. The van der Waals surface area contributed by atoms with E-state index < -0.39 is 0 Å². The molecule has 0 N–H and O–H groups in total. The van der Waals surface area contributed by atoms with E-state index in [0.717, 1.165) is 97.5 Å². The van der Waals surface area contributed by atoms with Crippen LogP contribution in [0.25, 0.3) is 90.6 Å². The molecule has 2 aliphatic carbocycles. The lowest BCUT2D eigenvalue weighted by molar-refractivity contribution is 0.664. The molecule has 1 atom stereocenters. The molecule has 0 amide bonds. The number of rotatable bonds is 6. The first-order valence-electron chi connectivity index (χ1n) is 19.5. The predicted molar refractivity (Wildman–Crippen MR) is 230 cm³/mol. The average Bonchev–Trinajstić information content (AvgIpc) is 3.83. The molecule has 0 fully saturated rings. The highest BCUT2D eigenvalue weighted by Gasteiger charge is 2.30. The minimum absolute atomic E-state index is 0.0610. The molecular formula is C52H37N3O. The fourth-order valence-corrected chi connectivity index (χ4v) is 8.93. The molecule has 6 aromatic carbocycles. The van der Waals surface area contributed by atoms with Crippen molar-refractivity contribution in [3.8, 4) is 50.5 Å². The van der Waals surface area contributed by atoms with E-state index in [9.17, 15) is 0 Å². The Morgan fingerprint density at radius 2 is 1.14 bits per heavy atom. The summed E-state index contributed by atoms with van der Waals surface area (Å²) >= 11 is 0. The summed E-state index contributed by atoms with van der Waals surface area (Å²) in [6, 6.07) is 55.5. The van der Waals surface area contributed by atoms with Crippen molar-refractivity contribution < 1.29 is 4.42 Å². The van der Waals surface area contributed by atoms with E-state index in [1.807, 2.05) is 6.07 Å². The molecule has 0 radical (unpaired) electrons. The summed E-state index contributed by atoms with van der Waals surface area (Å²) in [5.74, 6) is 0.767. The van der Waals surface area contributed by atoms with E-state index in [4.69, 9.17) is 14.4 Å². The summed E-state index contributed by atoms with van der Waals surface area (Å²) in [5, 5.41) is 4.75. The SMILES string of the molecule is C1=Cc2c(c3c(n2-c2cccc4c2oc2ccccc24)=CCCC=3)C(c2nc(-c3ccccc3-c3ccccc3)cc(-c3ccccc3-c3ccccc3)n2)C1. The Balaban J connectivity index is 1.16. The first-order chi connectivity index (χ1) is 27.8. The Labute approximate surface area is 325 Å².